The van der Waals surface area contributed by atoms with Crippen LogP contribution >= 0.6 is 11.6 Å². The topological polar surface area (TPSA) is 32.3 Å². The van der Waals surface area contributed by atoms with Crippen LogP contribution in [0.3, 0.4) is 0 Å². The lowest BCUT2D eigenvalue weighted by atomic mass is 10.0. The third kappa shape index (κ3) is 3.49. The summed E-state index contributed by atoms with van der Waals surface area (Å²) in [7, 11) is 0. The van der Waals surface area contributed by atoms with E-state index in [1.807, 2.05) is 56.3 Å². The fourth-order valence-electron chi connectivity index (χ4n) is 2.10. The van der Waals surface area contributed by atoms with Crippen molar-refractivity contribution in [3.05, 3.63) is 64.2 Å². The van der Waals surface area contributed by atoms with E-state index in [2.05, 4.69) is 5.32 Å². The molecular weight excluding hydrogens is 258 g/mol. The third-order valence-corrected chi connectivity index (χ3v) is 3.46. The molecular formula is C16H18ClNO. The molecule has 0 aliphatic rings. The Morgan fingerprint density at radius 3 is 2.53 bits per heavy atom. The molecule has 0 saturated carbocycles. The summed E-state index contributed by atoms with van der Waals surface area (Å²) in [4.78, 5) is 0. The van der Waals surface area contributed by atoms with E-state index >= 15 is 0 Å². The van der Waals surface area contributed by atoms with E-state index in [1.54, 1.807) is 0 Å². The largest absolute Gasteiger partial charge is 0.387 e. The third-order valence-electron chi connectivity index (χ3n) is 3.22. The van der Waals surface area contributed by atoms with Gasteiger partial charge in [-0.05, 0) is 48.7 Å². The van der Waals surface area contributed by atoms with Gasteiger partial charge in [-0.3, -0.25) is 0 Å². The van der Waals surface area contributed by atoms with Crippen LogP contribution in [0, 0.1) is 13.8 Å². The Morgan fingerprint density at radius 1 is 1.11 bits per heavy atom. The second-order valence-electron chi connectivity index (χ2n) is 4.71. The molecule has 0 aliphatic carbocycles. The Bertz CT molecular complexity index is 568. The van der Waals surface area contributed by atoms with Crippen LogP contribution in [0.1, 0.15) is 22.8 Å². The highest BCUT2D eigenvalue weighted by Crippen LogP contribution is 2.22. The van der Waals surface area contributed by atoms with E-state index in [0.717, 1.165) is 27.4 Å². The van der Waals surface area contributed by atoms with Gasteiger partial charge in [0, 0.05) is 17.3 Å². The van der Waals surface area contributed by atoms with Crippen molar-refractivity contribution in [2.75, 3.05) is 11.9 Å². The standard InChI is InChI=1S/C16H18ClNO/c1-11-5-3-4-6-14(11)16(19)10-18-15-8-7-13(17)9-12(15)2/h3-9,16,18-19H,10H2,1-2H3. The molecule has 0 spiro atoms. The van der Waals surface area contributed by atoms with Gasteiger partial charge in [0.15, 0.2) is 0 Å². The molecule has 0 amide bonds. The summed E-state index contributed by atoms with van der Waals surface area (Å²) in [6.07, 6.45) is -0.517. The Balaban J connectivity index is 2.04. The molecule has 0 aromatic heterocycles. The van der Waals surface area contributed by atoms with Gasteiger partial charge in [-0.15, -0.1) is 0 Å². The minimum Gasteiger partial charge on any atom is -0.387 e. The monoisotopic (exact) mass is 275 g/mol. The van der Waals surface area contributed by atoms with Crippen molar-refractivity contribution >= 4 is 17.3 Å². The number of benzene rings is 2. The molecule has 2 aromatic carbocycles. The zero-order valence-electron chi connectivity index (χ0n) is 11.2. The highest BCUT2D eigenvalue weighted by atomic mass is 35.5. The smallest absolute Gasteiger partial charge is 0.0964 e. The van der Waals surface area contributed by atoms with Gasteiger partial charge in [0.05, 0.1) is 6.10 Å². The van der Waals surface area contributed by atoms with E-state index in [1.165, 1.54) is 0 Å². The highest BCUT2D eigenvalue weighted by Gasteiger charge is 2.10. The molecule has 2 N–H and O–H groups in total. The van der Waals surface area contributed by atoms with E-state index in [0.29, 0.717) is 6.54 Å². The number of aliphatic hydroxyl groups excluding tert-OH is 1. The Kier molecular flexibility index (Phi) is 4.46. The van der Waals surface area contributed by atoms with Crippen molar-refractivity contribution in [2.45, 2.75) is 20.0 Å². The van der Waals surface area contributed by atoms with Crippen molar-refractivity contribution < 1.29 is 5.11 Å². The summed E-state index contributed by atoms with van der Waals surface area (Å²) in [6, 6.07) is 13.6. The highest BCUT2D eigenvalue weighted by molar-refractivity contribution is 6.30. The fourth-order valence-corrected chi connectivity index (χ4v) is 2.33. The van der Waals surface area contributed by atoms with Crippen LogP contribution in [-0.4, -0.2) is 11.7 Å². The maximum Gasteiger partial charge on any atom is 0.0964 e. The lowest BCUT2D eigenvalue weighted by Crippen LogP contribution is -2.13. The van der Waals surface area contributed by atoms with Gasteiger partial charge in [-0.25, -0.2) is 0 Å². The van der Waals surface area contributed by atoms with Gasteiger partial charge < -0.3 is 10.4 Å². The quantitative estimate of drug-likeness (QED) is 0.880. The normalized spacial score (nSPS) is 12.2. The summed E-state index contributed by atoms with van der Waals surface area (Å²) < 4.78 is 0. The van der Waals surface area contributed by atoms with Crippen molar-refractivity contribution in [3.8, 4) is 0 Å². The van der Waals surface area contributed by atoms with Crippen LogP contribution in [-0.2, 0) is 0 Å². The Morgan fingerprint density at radius 2 is 1.84 bits per heavy atom. The molecule has 19 heavy (non-hydrogen) atoms. The Hall–Kier alpha value is -1.51. The maximum absolute atomic E-state index is 10.2. The first-order valence-corrected chi connectivity index (χ1v) is 6.69. The number of halogens is 1. The molecule has 3 heteroatoms. The second kappa shape index (κ2) is 6.09. The van der Waals surface area contributed by atoms with E-state index < -0.39 is 6.10 Å². The summed E-state index contributed by atoms with van der Waals surface area (Å²) in [6.45, 7) is 4.48. The van der Waals surface area contributed by atoms with E-state index in [9.17, 15) is 5.11 Å². The maximum atomic E-state index is 10.2. The lowest BCUT2D eigenvalue weighted by molar-refractivity contribution is 0.191. The molecule has 0 saturated heterocycles. The van der Waals surface area contributed by atoms with Crippen LogP contribution in [0.5, 0.6) is 0 Å². The molecule has 0 fully saturated rings. The fraction of sp³-hybridized carbons (Fsp3) is 0.250. The van der Waals surface area contributed by atoms with Crippen LogP contribution in [0.2, 0.25) is 5.02 Å². The Labute approximate surface area is 119 Å². The molecule has 0 radical (unpaired) electrons. The summed E-state index contributed by atoms with van der Waals surface area (Å²) in [5, 5.41) is 14.2. The van der Waals surface area contributed by atoms with Crippen LogP contribution in [0.25, 0.3) is 0 Å². The molecule has 1 unspecified atom stereocenters. The molecule has 0 bridgehead atoms. The number of anilines is 1. The van der Waals surface area contributed by atoms with Crippen LogP contribution in [0.4, 0.5) is 5.69 Å². The molecule has 0 heterocycles. The zero-order valence-corrected chi connectivity index (χ0v) is 11.9. The number of aryl methyl sites for hydroxylation is 2. The molecule has 2 nitrogen and oxygen atoms in total. The molecule has 2 aromatic rings. The molecule has 100 valence electrons. The SMILES string of the molecule is Cc1cc(Cl)ccc1NCC(O)c1ccccc1C. The van der Waals surface area contributed by atoms with Crippen molar-refractivity contribution in [3.63, 3.8) is 0 Å². The first-order valence-electron chi connectivity index (χ1n) is 6.31. The zero-order chi connectivity index (χ0) is 13.8. The molecule has 1 atom stereocenters. The number of hydrogen-bond donors (Lipinski definition) is 2. The minimum atomic E-state index is -0.517. The van der Waals surface area contributed by atoms with Gasteiger partial charge in [-0.1, -0.05) is 35.9 Å². The lowest BCUT2D eigenvalue weighted by Gasteiger charge is -2.16. The first-order chi connectivity index (χ1) is 9.08. The van der Waals surface area contributed by atoms with Gasteiger partial charge in [0.25, 0.3) is 0 Å². The van der Waals surface area contributed by atoms with Crippen molar-refractivity contribution in [1.29, 1.82) is 0 Å². The predicted octanol–water partition coefficient (Wildman–Crippen LogP) is 4.10. The summed E-state index contributed by atoms with van der Waals surface area (Å²) in [5.41, 5.74) is 4.13. The van der Waals surface area contributed by atoms with Gasteiger partial charge in [0.2, 0.25) is 0 Å². The van der Waals surface area contributed by atoms with Gasteiger partial charge in [0.1, 0.15) is 0 Å². The van der Waals surface area contributed by atoms with Gasteiger partial charge >= 0.3 is 0 Å². The minimum absolute atomic E-state index is 0.479. The van der Waals surface area contributed by atoms with Crippen molar-refractivity contribution in [1.82, 2.24) is 0 Å². The van der Waals surface area contributed by atoms with Crippen LogP contribution in [0.15, 0.2) is 42.5 Å². The first kappa shape index (κ1) is 13.9. The second-order valence-corrected chi connectivity index (χ2v) is 5.15. The van der Waals surface area contributed by atoms with Crippen LogP contribution < -0.4 is 5.32 Å². The number of rotatable bonds is 4. The predicted molar refractivity (Wildman–Crippen MR) is 80.8 cm³/mol. The average molecular weight is 276 g/mol. The number of aliphatic hydroxyl groups is 1. The molecule has 2 rings (SSSR count). The molecule has 0 aliphatic heterocycles. The summed E-state index contributed by atoms with van der Waals surface area (Å²) in [5.74, 6) is 0. The van der Waals surface area contributed by atoms with Gasteiger partial charge in [-0.2, -0.15) is 0 Å². The summed E-state index contributed by atoms with van der Waals surface area (Å²) >= 11 is 5.92. The number of hydrogen-bond acceptors (Lipinski definition) is 2. The van der Waals surface area contributed by atoms with E-state index in [-0.39, 0.29) is 0 Å². The van der Waals surface area contributed by atoms with E-state index in [4.69, 9.17) is 11.6 Å². The van der Waals surface area contributed by atoms with Crippen molar-refractivity contribution in [2.24, 2.45) is 0 Å². The average Bonchev–Trinajstić information content (AvgIpc) is 2.38. The number of nitrogens with one attached hydrogen (secondary N) is 1.